The number of aromatic nitrogens is 2. The summed E-state index contributed by atoms with van der Waals surface area (Å²) in [5.74, 6) is -1.16. The number of rotatable bonds is 1. The summed E-state index contributed by atoms with van der Waals surface area (Å²) in [6.45, 7) is 5.87. The number of thiazole rings is 1. The maximum Gasteiger partial charge on any atom is 0.194 e. The lowest BCUT2D eigenvalue weighted by Crippen LogP contribution is -1.89. The first-order chi connectivity index (χ1) is 9.16. The summed E-state index contributed by atoms with van der Waals surface area (Å²) in [7, 11) is 0. The summed E-state index contributed by atoms with van der Waals surface area (Å²) in [5.41, 5.74) is 1.75. The Kier molecular flexibility index (Phi) is 3.95. The van der Waals surface area contributed by atoms with Gasteiger partial charge in [-0.25, -0.2) is 13.8 Å². The molecule has 2 nitrogen and oxygen atoms in total. The van der Waals surface area contributed by atoms with Crippen molar-refractivity contribution in [1.29, 1.82) is 0 Å². The van der Waals surface area contributed by atoms with Crippen molar-refractivity contribution in [3.05, 3.63) is 47.1 Å². The second kappa shape index (κ2) is 5.48. The van der Waals surface area contributed by atoms with Gasteiger partial charge in [0, 0.05) is 28.9 Å². The number of imidazole rings is 1. The maximum atomic E-state index is 13.7. The van der Waals surface area contributed by atoms with Crippen LogP contribution in [-0.4, -0.2) is 9.38 Å². The van der Waals surface area contributed by atoms with Gasteiger partial charge in [0.2, 0.25) is 0 Å². The Labute approximate surface area is 114 Å². The monoisotopic (exact) mass is 280 g/mol. The number of aryl methyl sites for hydroxylation is 1. The van der Waals surface area contributed by atoms with Crippen LogP contribution in [0.1, 0.15) is 19.5 Å². The molecule has 3 rings (SSSR count). The lowest BCUT2D eigenvalue weighted by Gasteiger charge is -2.01. The highest BCUT2D eigenvalue weighted by atomic mass is 32.1. The standard InChI is InChI=1S/C12H8F2N2S.C2H6/c1-7-11(15-12-16(7)4-5-17-12)9-3-2-8(13)6-10(9)14;1-2/h2-6H,1H3;1-2H3. The number of fused-ring (bicyclic) bond motifs is 1. The van der Waals surface area contributed by atoms with Crippen LogP contribution in [-0.2, 0) is 0 Å². The van der Waals surface area contributed by atoms with Gasteiger partial charge in [0.25, 0.3) is 0 Å². The average Bonchev–Trinajstić information content (AvgIpc) is 2.96. The van der Waals surface area contributed by atoms with E-state index in [1.807, 2.05) is 36.7 Å². The van der Waals surface area contributed by atoms with Crippen molar-refractivity contribution in [3.63, 3.8) is 0 Å². The quantitative estimate of drug-likeness (QED) is 0.633. The molecule has 0 fully saturated rings. The SMILES string of the molecule is CC.Cc1c(-c2ccc(F)cc2F)nc2sccn12. The molecule has 2 aromatic heterocycles. The Bertz CT molecular complexity index is 701. The summed E-state index contributed by atoms with van der Waals surface area (Å²) in [5, 5.41) is 1.92. The second-order valence-electron chi connectivity index (χ2n) is 3.73. The summed E-state index contributed by atoms with van der Waals surface area (Å²) in [4.78, 5) is 5.16. The van der Waals surface area contributed by atoms with Gasteiger partial charge in [0.15, 0.2) is 4.96 Å². The third-order valence-corrected chi connectivity index (χ3v) is 3.44. The van der Waals surface area contributed by atoms with Gasteiger partial charge in [0.1, 0.15) is 11.6 Å². The average molecular weight is 280 g/mol. The number of hydrogen-bond donors (Lipinski definition) is 0. The van der Waals surface area contributed by atoms with Crippen molar-refractivity contribution < 1.29 is 8.78 Å². The van der Waals surface area contributed by atoms with Gasteiger partial charge in [-0.2, -0.15) is 0 Å². The Morgan fingerprint density at radius 3 is 2.58 bits per heavy atom. The first-order valence-electron chi connectivity index (χ1n) is 6.04. The van der Waals surface area contributed by atoms with E-state index in [0.717, 1.165) is 16.7 Å². The normalized spacial score (nSPS) is 10.4. The summed E-state index contributed by atoms with van der Waals surface area (Å²) in [6.07, 6.45) is 1.88. The number of benzene rings is 1. The summed E-state index contributed by atoms with van der Waals surface area (Å²) < 4.78 is 28.4. The zero-order chi connectivity index (χ0) is 14.0. The van der Waals surface area contributed by atoms with Crippen LogP contribution in [0.5, 0.6) is 0 Å². The Morgan fingerprint density at radius 1 is 1.21 bits per heavy atom. The van der Waals surface area contributed by atoms with Gasteiger partial charge in [-0.3, -0.25) is 4.40 Å². The molecular weight excluding hydrogens is 266 g/mol. The summed E-state index contributed by atoms with van der Waals surface area (Å²) in [6, 6.07) is 3.54. The highest BCUT2D eigenvalue weighted by Crippen LogP contribution is 2.28. The molecule has 0 atom stereocenters. The van der Waals surface area contributed by atoms with E-state index in [-0.39, 0.29) is 0 Å². The molecule has 0 aliphatic rings. The third kappa shape index (κ3) is 2.38. The predicted molar refractivity (Wildman–Crippen MR) is 74.5 cm³/mol. The molecule has 0 saturated carbocycles. The molecule has 0 saturated heterocycles. The first-order valence-corrected chi connectivity index (χ1v) is 6.92. The van der Waals surface area contributed by atoms with Crippen LogP contribution in [0.15, 0.2) is 29.8 Å². The van der Waals surface area contributed by atoms with E-state index < -0.39 is 11.6 Å². The second-order valence-corrected chi connectivity index (χ2v) is 4.60. The van der Waals surface area contributed by atoms with Crippen LogP contribution in [0, 0.1) is 18.6 Å². The minimum absolute atomic E-state index is 0.333. The van der Waals surface area contributed by atoms with Crippen LogP contribution < -0.4 is 0 Å². The van der Waals surface area contributed by atoms with E-state index in [4.69, 9.17) is 0 Å². The largest absolute Gasteiger partial charge is 0.294 e. The third-order valence-electron chi connectivity index (χ3n) is 2.69. The van der Waals surface area contributed by atoms with E-state index in [2.05, 4.69) is 4.98 Å². The van der Waals surface area contributed by atoms with E-state index >= 15 is 0 Å². The zero-order valence-electron chi connectivity index (χ0n) is 10.9. The van der Waals surface area contributed by atoms with Gasteiger partial charge >= 0.3 is 0 Å². The minimum Gasteiger partial charge on any atom is -0.294 e. The fourth-order valence-corrected chi connectivity index (χ4v) is 2.60. The van der Waals surface area contributed by atoms with Crippen LogP contribution >= 0.6 is 11.3 Å². The van der Waals surface area contributed by atoms with Crippen molar-refractivity contribution in [2.75, 3.05) is 0 Å². The predicted octanol–water partition coefficient (Wildman–Crippen LogP) is 4.68. The molecule has 0 amide bonds. The summed E-state index contributed by atoms with van der Waals surface area (Å²) >= 11 is 1.48. The highest BCUT2D eigenvalue weighted by molar-refractivity contribution is 7.15. The van der Waals surface area contributed by atoms with Gasteiger partial charge in [-0.05, 0) is 19.1 Å². The molecule has 0 N–H and O–H groups in total. The van der Waals surface area contributed by atoms with Crippen LogP contribution in [0.4, 0.5) is 8.78 Å². The Hall–Kier alpha value is -1.75. The maximum absolute atomic E-state index is 13.7. The van der Waals surface area contributed by atoms with Crippen LogP contribution in [0.3, 0.4) is 0 Å². The molecule has 0 unspecified atom stereocenters. The smallest absolute Gasteiger partial charge is 0.194 e. The minimum atomic E-state index is -0.584. The fraction of sp³-hybridized carbons (Fsp3) is 0.214. The molecule has 2 heterocycles. The fourth-order valence-electron chi connectivity index (χ4n) is 1.84. The lowest BCUT2D eigenvalue weighted by molar-refractivity contribution is 0.585. The number of nitrogens with zero attached hydrogens (tertiary/aromatic N) is 2. The van der Waals surface area contributed by atoms with Crippen LogP contribution in [0.2, 0.25) is 0 Å². The molecule has 0 aliphatic heterocycles. The molecule has 1 aromatic carbocycles. The Balaban J connectivity index is 0.000000637. The number of halogens is 2. The molecule has 100 valence electrons. The van der Waals surface area contributed by atoms with Crippen molar-refractivity contribution in [3.8, 4) is 11.3 Å². The van der Waals surface area contributed by atoms with Gasteiger partial charge in [-0.15, -0.1) is 11.3 Å². The van der Waals surface area contributed by atoms with E-state index in [1.54, 1.807) is 0 Å². The lowest BCUT2D eigenvalue weighted by atomic mass is 10.1. The molecule has 3 aromatic rings. The van der Waals surface area contributed by atoms with Gasteiger partial charge < -0.3 is 0 Å². The zero-order valence-corrected chi connectivity index (χ0v) is 11.8. The number of hydrogen-bond acceptors (Lipinski definition) is 2. The first kappa shape index (κ1) is 13.7. The Morgan fingerprint density at radius 2 is 1.95 bits per heavy atom. The van der Waals surface area contributed by atoms with Crippen molar-refractivity contribution in [2.24, 2.45) is 0 Å². The van der Waals surface area contributed by atoms with Crippen LogP contribution in [0.25, 0.3) is 16.2 Å². The molecular formula is C14H14F2N2S. The van der Waals surface area contributed by atoms with Crippen molar-refractivity contribution in [1.82, 2.24) is 9.38 Å². The molecule has 5 heteroatoms. The van der Waals surface area contributed by atoms with E-state index in [9.17, 15) is 8.78 Å². The van der Waals surface area contributed by atoms with E-state index in [0.29, 0.717) is 11.3 Å². The van der Waals surface area contributed by atoms with Gasteiger partial charge in [0.05, 0.1) is 5.69 Å². The topological polar surface area (TPSA) is 17.3 Å². The molecule has 0 aliphatic carbocycles. The highest BCUT2D eigenvalue weighted by Gasteiger charge is 2.14. The van der Waals surface area contributed by atoms with Crippen molar-refractivity contribution in [2.45, 2.75) is 20.8 Å². The molecule has 0 bridgehead atoms. The molecule has 0 spiro atoms. The molecule has 0 radical (unpaired) electrons. The van der Waals surface area contributed by atoms with Crippen molar-refractivity contribution >= 4 is 16.3 Å². The van der Waals surface area contributed by atoms with E-state index in [1.165, 1.54) is 23.5 Å². The molecule has 19 heavy (non-hydrogen) atoms. The van der Waals surface area contributed by atoms with Gasteiger partial charge in [-0.1, -0.05) is 13.8 Å².